The largest absolute Gasteiger partial charge is 0.493 e. The van der Waals surface area contributed by atoms with Crippen molar-refractivity contribution in [3.63, 3.8) is 0 Å². The van der Waals surface area contributed by atoms with Gasteiger partial charge in [-0.05, 0) is 30.9 Å². The molecule has 1 fully saturated rings. The molecule has 178 valence electrons. The Kier molecular flexibility index (Phi) is 5.71. The first kappa shape index (κ1) is 22.3. The maximum Gasteiger partial charge on any atom is 0.410 e. The van der Waals surface area contributed by atoms with Crippen LogP contribution < -0.4 is 9.47 Å². The van der Waals surface area contributed by atoms with Gasteiger partial charge in [-0.1, -0.05) is 37.3 Å². The van der Waals surface area contributed by atoms with Gasteiger partial charge in [0.15, 0.2) is 17.3 Å². The van der Waals surface area contributed by atoms with Gasteiger partial charge in [-0.3, -0.25) is 4.79 Å². The molecule has 1 aromatic heterocycles. The Balaban J connectivity index is 1.60. The summed E-state index contributed by atoms with van der Waals surface area (Å²) in [6, 6.07) is 13.2. The molecule has 1 aliphatic carbocycles. The van der Waals surface area contributed by atoms with Gasteiger partial charge in [-0.2, -0.15) is 0 Å². The zero-order valence-corrected chi connectivity index (χ0v) is 19.8. The molecule has 1 aliphatic heterocycles. The number of nitrogens with zero attached hydrogens (tertiary/aromatic N) is 1. The minimum absolute atomic E-state index is 0.0849. The summed E-state index contributed by atoms with van der Waals surface area (Å²) in [6.07, 6.45) is 2.59. The highest BCUT2D eigenvalue weighted by atomic mass is 16.6. The van der Waals surface area contributed by atoms with Crippen molar-refractivity contribution >= 4 is 22.8 Å². The van der Waals surface area contributed by atoms with Crippen LogP contribution in [0, 0.1) is 5.41 Å². The lowest BCUT2D eigenvalue weighted by Crippen LogP contribution is -2.51. The van der Waals surface area contributed by atoms with E-state index in [1.165, 1.54) is 0 Å². The lowest BCUT2D eigenvalue weighted by atomic mass is 9.62. The van der Waals surface area contributed by atoms with Crippen molar-refractivity contribution in [3.05, 3.63) is 59.3 Å². The van der Waals surface area contributed by atoms with Crippen LogP contribution in [0.5, 0.6) is 11.5 Å². The Hall–Kier alpha value is -3.48. The minimum Gasteiger partial charge on any atom is -0.493 e. The van der Waals surface area contributed by atoms with E-state index < -0.39 is 0 Å². The second-order valence-electron chi connectivity index (χ2n) is 9.22. The van der Waals surface area contributed by atoms with Crippen LogP contribution in [-0.4, -0.2) is 42.5 Å². The third kappa shape index (κ3) is 3.50. The van der Waals surface area contributed by atoms with Crippen molar-refractivity contribution in [1.29, 1.82) is 0 Å². The highest BCUT2D eigenvalue weighted by Gasteiger charge is 2.53. The van der Waals surface area contributed by atoms with Crippen molar-refractivity contribution in [2.75, 3.05) is 20.8 Å². The van der Waals surface area contributed by atoms with Crippen LogP contribution in [0.1, 0.15) is 60.3 Å². The number of fused-ring (bicyclic) bond motifs is 5. The van der Waals surface area contributed by atoms with Gasteiger partial charge >= 0.3 is 6.09 Å². The number of ether oxygens (including phenoxy) is 3. The minimum atomic E-state index is -0.346. The molecule has 7 heteroatoms. The van der Waals surface area contributed by atoms with E-state index in [2.05, 4.69) is 11.9 Å². The Labute approximate surface area is 199 Å². The topological polar surface area (TPSA) is 80.9 Å². The summed E-state index contributed by atoms with van der Waals surface area (Å²) in [5.74, 6) is 1.26. The molecule has 34 heavy (non-hydrogen) atoms. The molecule has 1 amide bonds. The van der Waals surface area contributed by atoms with E-state index >= 15 is 0 Å². The number of aromatic amines is 1. The number of likely N-dealkylation sites (tertiary alicyclic amines) is 1. The number of benzene rings is 2. The predicted octanol–water partition coefficient (Wildman–Crippen LogP) is 5.64. The van der Waals surface area contributed by atoms with Crippen molar-refractivity contribution in [2.45, 2.75) is 45.3 Å². The number of aromatic nitrogens is 1. The molecule has 3 aromatic rings. The van der Waals surface area contributed by atoms with E-state index in [0.29, 0.717) is 30.2 Å². The first-order valence-corrected chi connectivity index (χ1v) is 11.8. The molecule has 1 N–H and O–H groups in total. The molecule has 2 aliphatic rings. The lowest BCUT2D eigenvalue weighted by molar-refractivity contribution is -0.00690. The van der Waals surface area contributed by atoms with E-state index in [9.17, 15) is 9.59 Å². The van der Waals surface area contributed by atoms with Crippen LogP contribution in [-0.2, 0) is 11.3 Å². The second kappa shape index (κ2) is 8.70. The highest BCUT2D eigenvalue weighted by molar-refractivity contribution is 6.05. The number of rotatable bonds is 5. The second-order valence-corrected chi connectivity index (χ2v) is 9.22. The molecule has 0 bridgehead atoms. The normalized spacial score (nSPS) is 21.7. The number of nitrogens with one attached hydrogen (secondary N) is 1. The number of hydrogen-bond donors (Lipinski definition) is 1. The average Bonchev–Trinajstić information content (AvgIpc) is 3.25. The molecule has 0 saturated carbocycles. The van der Waals surface area contributed by atoms with Gasteiger partial charge < -0.3 is 24.1 Å². The number of amides is 1. The monoisotopic (exact) mass is 462 g/mol. The zero-order chi connectivity index (χ0) is 23.9. The van der Waals surface area contributed by atoms with E-state index in [4.69, 9.17) is 14.2 Å². The third-order valence-corrected chi connectivity index (χ3v) is 7.52. The fourth-order valence-electron chi connectivity index (χ4n) is 5.79. The summed E-state index contributed by atoms with van der Waals surface area (Å²) in [6.45, 7) is 2.92. The van der Waals surface area contributed by atoms with Gasteiger partial charge in [0, 0.05) is 35.4 Å². The Bertz CT molecular complexity index is 1230. The van der Waals surface area contributed by atoms with E-state index in [1.807, 2.05) is 47.4 Å². The third-order valence-electron chi connectivity index (χ3n) is 7.52. The Morgan fingerprint density at radius 1 is 1.15 bits per heavy atom. The van der Waals surface area contributed by atoms with Gasteiger partial charge in [-0.25, -0.2) is 4.79 Å². The predicted molar refractivity (Wildman–Crippen MR) is 128 cm³/mol. The van der Waals surface area contributed by atoms with Crippen molar-refractivity contribution in [1.82, 2.24) is 9.88 Å². The molecule has 0 unspecified atom stereocenters. The van der Waals surface area contributed by atoms with Crippen LogP contribution >= 0.6 is 0 Å². The van der Waals surface area contributed by atoms with Gasteiger partial charge in [0.2, 0.25) is 0 Å². The van der Waals surface area contributed by atoms with E-state index in [0.717, 1.165) is 41.3 Å². The summed E-state index contributed by atoms with van der Waals surface area (Å²) in [5.41, 5.74) is 2.85. The van der Waals surface area contributed by atoms with Crippen LogP contribution in [0.4, 0.5) is 4.79 Å². The smallest absolute Gasteiger partial charge is 0.410 e. The zero-order valence-electron chi connectivity index (χ0n) is 19.8. The molecule has 0 radical (unpaired) electrons. The summed E-state index contributed by atoms with van der Waals surface area (Å²) in [5, 5.41) is 0.881. The summed E-state index contributed by atoms with van der Waals surface area (Å²) >= 11 is 0. The van der Waals surface area contributed by atoms with Gasteiger partial charge in [0.25, 0.3) is 0 Å². The number of Topliss-reactive ketones (excluding diaryl/α,β-unsaturated/α-hetero) is 1. The maximum atomic E-state index is 13.4. The standard InChI is InChI=1S/C27H30N2O5/c1-4-27-11-8-12-29(26(31)34-16-17-9-6-5-7-10-17)25(27)23-18-13-21(32-2)22(33-3)14-19(18)28-24(23)20(30)15-27/h5-7,9-10,13-14,25,28H,4,8,11-12,15-16H2,1-3H3/t25-,27+/m0/s1. The maximum absolute atomic E-state index is 13.4. The average molecular weight is 463 g/mol. The fraction of sp³-hybridized carbons (Fsp3) is 0.407. The van der Waals surface area contributed by atoms with Crippen LogP contribution in [0.3, 0.4) is 0 Å². The molecule has 2 aromatic carbocycles. The number of carbonyl (C=O) groups excluding carboxylic acids is 2. The van der Waals surface area contributed by atoms with Crippen molar-refractivity contribution < 1.29 is 23.8 Å². The molecule has 2 heterocycles. The fourth-order valence-corrected chi connectivity index (χ4v) is 5.79. The van der Waals surface area contributed by atoms with Crippen molar-refractivity contribution in [3.8, 4) is 11.5 Å². The number of ketones is 1. The van der Waals surface area contributed by atoms with Gasteiger partial charge in [-0.15, -0.1) is 0 Å². The Morgan fingerprint density at radius 3 is 2.59 bits per heavy atom. The first-order valence-electron chi connectivity index (χ1n) is 11.8. The van der Waals surface area contributed by atoms with Crippen LogP contribution in [0.15, 0.2) is 42.5 Å². The Morgan fingerprint density at radius 2 is 1.88 bits per heavy atom. The van der Waals surface area contributed by atoms with Gasteiger partial charge in [0.05, 0.1) is 31.5 Å². The summed E-state index contributed by atoms with van der Waals surface area (Å²) < 4.78 is 16.8. The van der Waals surface area contributed by atoms with E-state index in [1.54, 1.807) is 14.2 Å². The number of hydrogen-bond acceptors (Lipinski definition) is 5. The molecular formula is C27H30N2O5. The number of H-pyrrole nitrogens is 1. The molecule has 7 nitrogen and oxygen atoms in total. The van der Waals surface area contributed by atoms with E-state index in [-0.39, 0.29) is 29.9 Å². The molecule has 1 saturated heterocycles. The van der Waals surface area contributed by atoms with Crippen LogP contribution in [0.25, 0.3) is 10.9 Å². The number of piperidine rings is 1. The highest BCUT2D eigenvalue weighted by Crippen LogP contribution is 2.56. The molecule has 2 atom stereocenters. The molecular weight excluding hydrogens is 432 g/mol. The quantitative estimate of drug-likeness (QED) is 0.531. The molecule has 0 spiro atoms. The summed E-state index contributed by atoms with van der Waals surface area (Å²) in [4.78, 5) is 31.9. The SMILES string of the molecule is CC[C@]12CCCN(C(=O)OCc3ccccc3)[C@H]1c1c([nH]c3cc(OC)c(OC)cc13)C(=O)C2. The van der Waals surface area contributed by atoms with Crippen molar-refractivity contribution in [2.24, 2.45) is 5.41 Å². The number of carbonyl (C=O) groups is 2. The number of methoxy groups -OCH3 is 2. The van der Waals surface area contributed by atoms with Crippen LogP contribution in [0.2, 0.25) is 0 Å². The molecule has 5 rings (SSSR count). The summed E-state index contributed by atoms with van der Waals surface area (Å²) in [7, 11) is 3.18. The lowest BCUT2D eigenvalue weighted by Gasteiger charge is -2.51. The van der Waals surface area contributed by atoms with Gasteiger partial charge in [0.1, 0.15) is 6.61 Å². The first-order chi connectivity index (χ1) is 16.5.